The van der Waals surface area contributed by atoms with Crippen LogP contribution < -0.4 is 5.32 Å². The first kappa shape index (κ1) is 14.2. The van der Waals surface area contributed by atoms with Crippen molar-refractivity contribution in [1.82, 2.24) is 5.32 Å². The lowest BCUT2D eigenvalue weighted by Gasteiger charge is -2.18. The fourth-order valence-electron chi connectivity index (χ4n) is 1.72. The molecule has 0 radical (unpaired) electrons. The summed E-state index contributed by atoms with van der Waals surface area (Å²) in [6, 6.07) is 9.22. The van der Waals surface area contributed by atoms with Gasteiger partial charge in [-0.25, -0.2) is 0 Å². The molecule has 17 heavy (non-hydrogen) atoms. The number of nitrogens with one attached hydrogen (secondary N) is 1. The molecule has 0 amide bonds. The van der Waals surface area contributed by atoms with E-state index in [2.05, 4.69) is 50.4 Å². The summed E-state index contributed by atoms with van der Waals surface area (Å²) in [5.74, 6) is 0. The van der Waals surface area contributed by atoms with Crippen molar-refractivity contribution in [3.63, 3.8) is 0 Å². The third-order valence-electron chi connectivity index (χ3n) is 2.94. The van der Waals surface area contributed by atoms with Crippen LogP contribution in [0.3, 0.4) is 0 Å². The first-order valence-electron chi connectivity index (χ1n) is 6.46. The quantitative estimate of drug-likeness (QED) is 0.784. The minimum absolute atomic E-state index is 0.310. The Bertz CT molecular complexity index is 305. The van der Waals surface area contributed by atoms with Crippen LogP contribution in [0.4, 0.5) is 0 Å². The Hall–Kier alpha value is -0.860. The van der Waals surface area contributed by atoms with Gasteiger partial charge in [-0.2, -0.15) is 0 Å². The monoisotopic (exact) mass is 235 g/mol. The molecular formula is C15H25NO. The molecule has 1 rings (SSSR count). The Balaban J connectivity index is 2.34. The van der Waals surface area contributed by atoms with Gasteiger partial charge in [-0.1, -0.05) is 29.8 Å². The van der Waals surface area contributed by atoms with Crippen LogP contribution in [0.1, 0.15) is 31.4 Å². The zero-order chi connectivity index (χ0) is 12.7. The van der Waals surface area contributed by atoms with E-state index in [9.17, 15) is 0 Å². The van der Waals surface area contributed by atoms with Crippen molar-refractivity contribution in [2.45, 2.75) is 45.8 Å². The minimum Gasteiger partial charge on any atom is -0.377 e. The molecule has 2 heteroatoms. The summed E-state index contributed by atoms with van der Waals surface area (Å²) < 4.78 is 5.64. The lowest BCUT2D eigenvalue weighted by atomic mass is 10.0. The van der Waals surface area contributed by atoms with Crippen molar-refractivity contribution in [2.75, 3.05) is 13.7 Å². The van der Waals surface area contributed by atoms with Crippen molar-refractivity contribution in [2.24, 2.45) is 0 Å². The summed E-state index contributed by atoms with van der Waals surface area (Å²) >= 11 is 0. The van der Waals surface area contributed by atoms with Crippen LogP contribution in [-0.4, -0.2) is 25.8 Å². The lowest BCUT2D eigenvalue weighted by molar-refractivity contribution is 0.0611. The first-order chi connectivity index (χ1) is 8.11. The highest BCUT2D eigenvalue weighted by molar-refractivity contribution is 5.21. The van der Waals surface area contributed by atoms with Gasteiger partial charge in [0, 0.05) is 6.04 Å². The van der Waals surface area contributed by atoms with Crippen LogP contribution in [-0.2, 0) is 11.2 Å². The van der Waals surface area contributed by atoms with Gasteiger partial charge in [0.05, 0.1) is 12.7 Å². The molecule has 1 atom stereocenters. The van der Waals surface area contributed by atoms with Gasteiger partial charge in [0.15, 0.2) is 0 Å². The van der Waals surface area contributed by atoms with Gasteiger partial charge in [0.1, 0.15) is 0 Å². The SMILES string of the molecule is CNC(CCc1ccc(C)cc1)COC(C)C. The zero-order valence-corrected chi connectivity index (χ0v) is 11.5. The van der Waals surface area contributed by atoms with Gasteiger partial charge in [-0.3, -0.25) is 0 Å². The van der Waals surface area contributed by atoms with E-state index in [0.717, 1.165) is 19.4 Å². The molecule has 2 nitrogen and oxygen atoms in total. The maximum atomic E-state index is 5.64. The van der Waals surface area contributed by atoms with Crippen LogP contribution in [0.25, 0.3) is 0 Å². The average Bonchev–Trinajstić information content (AvgIpc) is 2.31. The maximum Gasteiger partial charge on any atom is 0.0623 e. The van der Waals surface area contributed by atoms with Gasteiger partial charge in [-0.05, 0) is 46.2 Å². The Morgan fingerprint density at radius 2 is 1.82 bits per heavy atom. The van der Waals surface area contributed by atoms with Crippen LogP contribution in [0.5, 0.6) is 0 Å². The van der Waals surface area contributed by atoms with Crippen molar-refractivity contribution in [3.05, 3.63) is 35.4 Å². The van der Waals surface area contributed by atoms with Crippen LogP contribution in [0.15, 0.2) is 24.3 Å². The Morgan fingerprint density at radius 3 is 2.35 bits per heavy atom. The molecule has 0 fully saturated rings. The van der Waals surface area contributed by atoms with Gasteiger partial charge >= 0.3 is 0 Å². The molecule has 0 bridgehead atoms. The molecule has 0 aliphatic heterocycles. The second kappa shape index (κ2) is 7.46. The highest BCUT2D eigenvalue weighted by Gasteiger charge is 2.07. The van der Waals surface area contributed by atoms with Gasteiger partial charge in [-0.15, -0.1) is 0 Å². The molecule has 1 aromatic carbocycles. The average molecular weight is 235 g/mol. The maximum absolute atomic E-state index is 5.64. The van der Waals surface area contributed by atoms with E-state index < -0.39 is 0 Å². The molecule has 96 valence electrons. The smallest absolute Gasteiger partial charge is 0.0623 e. The summed E-state index contributed by atoms with van der Waals surface area (Å²) in [6.07, 6.45) is 2.53. The fraction of sp³-hybridized carbons (Fsp3) is 0.600. The van der Waals surface area contributed by atoms with Crippen molar-refractivity contribution in [3.8, 4) is 0 Å². The van der Waals surface area contributed by atoms with E-state index in [-0.39, 0.29) is 0 Å². The number of ether oxygens (including phenoxy) is 1. The molecule has 0 aliphatic rings. The molecule has 0 spiro atoms. The number of likely N-dealkylation sites (N-methyl/N-ethyl adjacent to an activating group) is 1. The summed E-state index contributed by atoms with van der Waals surface area (Å²) in [7, 11) is 2.00. The molecule has 1 aromatic rings. The molecular weight excluding hydrogens is 210 g/mol. The molecule has 0 heterocycles. The largest absolute Gasteiger partial charge is 0.377 e. The summed E-state index contributed by atoms with van der Waals surface area (Å²) in [5.41, 5.74) is 2.72. The highest BCUT2D eigenvalue weighted by atomic mass is 16.5. The number of benzene rings is 1. The van der Waals surface area contributed by atoms with E-state index in [1.54, 1.807) is 0 Å². The van der Waals surface area contributed by atoms with Crippen molar-refractivity contribution < 1.29 is 4.74 Å². The highest BCUT2D eigenvalue weighted by Crippen LogP contribution is 2.08. The topological polar surface area (TPSA) is 21.3 Å². The third-order valence-corrected chi connectivity index (χ3v) is 2.94. The van der Waals surface area contributed by atoms with Gasteiger partial charge < -0.3 is 10.1 Å². The third kappa shape index (κ3) is 5.85. The van der Waals surface area contributed by atoms with Gasteiger partial charge in [0.25, 0.3) is 0 Å². The van der Waals surface area contributed by atoms with E-state index in [1.807, 2.05) is 7.05 Å². The summed E-state index contributed by atoms with van der Waals surface area (Å²) in [6.45, 7) is 7.07. The number of hydrogen-bond donors (Lipinski definition) is 1. The number of rotatable bonds is 7. The van der Waals surface area contributed by atoms with Crippen molar-refractivity contribution >= 4 is 0 Å². The Morgan fingerprint density at radius 1 is 1.18 bits per heavy atom. The predicted molar refractivity (Wildman–Crippen MR) is 73.4 cm³/mol. The molecule has 0 aliphatic carbocycles. The second-order valence-corrected chi connectivity index (χ2v) is 4.89. The standard InChI is InChI=1S/C15H25NO/c1-12(2)17-11-15(16-4)10-9-14-7-5-13(3)6-8-14/h5-8,12,15-16H,9-11H2,1-4H3. The van der Waals surface area contributed by atoms with E-state index in [1.165, 1.54) is 11.1 Å². The fourth-order valence-corrected chi connectivity index (χ4v) is 1.72. The number of hydrogen-bond acceptors (Lipinski definition) is 2. The van der Waals surface area contributed by atoms with Crippen molar-refractivity contribution in [1.29, 1.82) is 0 Å². The molecule has 0 aromatic heterocycles. The van der Waals surface area contributed by atoms with E-state index in [4.69, 9.17) is 4.74 Å². The first-order valence-corrected chi connectivity index (χ1v) is 6.46. The van der Waals surface area contributed by atoms with E-state index >= 15 is 0 Å². The lowest BCUT2D eigenvalue weighted by Crippen LogP contribution is -2.32. The van der Waals surface area contributed by atoms with Crippen LogP contribution >= 0.6 is 0 Å². The second-order valence-electron chi connectivity index (χ2n) is 4.89. The van der Waals surface area contributed by atoms with Crippen LogP contribution in [0, 0.1) is 6.92 Å². The number of aryl methyl sites for hydroxylation is 2. The van der Waals surface area contributed by atoms with Gasteiger partial charge in [0.2, 0.25) is 0 Å². The zero-order valence-electron chi connectivity index (χ0n) is 11.5. The normalized spacial score (nSPS) is 13.0. The predicted octanol–water partition coefficient (Wildman–Crippen LogP) is 2.94. The Labute approximate surface area is 105 Å². The summed E-state index contributed by atoms with van der Waals surface area (Å²) in [5, 5.41) is 3.31. The summed E-state index contributed by atoms with van der Waals surface area (Å²) in [4.78, 5) is 0. The Kier molecular flexibility index (Phi) is 6.23. The molecule has 0 saturated heterocycles. The minimum atomic E-state index is 0.310. The van der Waals surface area contributed by atoms with Crippen LogP contribution in [0.2, 0.25) is 0 Å². The molecule has 0 saturated carbocycles. The molecule has 1 unspecified atom stereocenters. The van der Waals surface area contributed by atoms with E-state index in [0.29, 0.717) is 12.1 Å². The molecule has 1 N–H and O–H groups in total.